The number of carbonyl (C=O) groups is 2. The summed E-state index contributed by atoms with van der Waals surface area (Å²) in [7, 11) is 0. The molecule has 4 heteroatoms. The molecule has 2 amide bonds. The summed E-state index contributed by atoms with van der Waals surface area (Å²) in [5.74, 6) is -0.546. The molecule has 0 aliphatic carbocycles. The van der Waals surface area contributed by atoms with Crippen LogP contribution in [-0.4, -0.2) is 11.8 Å². The van der Waals surface area contributed by atoms with Gasteiger partial charge in [0.15, 0.2) is 0 Å². The normalized spacial score (nSPS) is 11.6. The molecule has 0 fully saturated rings. The molecule has 0 aliphatic heterocycles. The Kier molecular flexibility index (Phi) is 5.20. The first-order chi connectivity index (χ1) is 8.15. The molecule has 17 heavy (non-hydrogen) atoms. The quantitative estimate of drug-likeness (QED) is 0.781. The van der Waals surface area contributed by atoms with Crippen LogP contribution in [0, 0.1) is 5.92 Å². The minimum Gasteiger partial charge on any atom is -0.273 e. The standard InChI is InChI=1S/C13H18N2O2/c1-3-7-10(2)12(16)14-15-13(17)11-8-5-4-6-9-11/h4-6,8-10H,3,7H2,1-2H3,(H,14,16)(H,15,17). The molecule has 4 nitrogen and oxygen atoms in total. The summed E-state index contributed by atoms with van der Waals surface area (Å²) in [5, 5.41) is 0. The molecule has 1 aromatic carbocycles. The second-order valence-corrected chi connectivity index (χ2v) is 4.00. The zero-order valence-corrected chi connectivity index (χ0v) is 10.2. The highest BCUT2D eigenvalue weighted by Gasteiger charge is 2.12. The molecule has 1 aromatic rings. The largest absolute Gasteiger partial charge is 0.273 e. The minimum atomic E-state index is -0.303. The smallest absolute Gasteiger partial charge is 0.269 e. The van der Waals surface area contributed by atoms with Gasteiger partial charge in [0.25, 0.3) is 5.91 Å². The molecule has 0 saturated carbocycles. The average molecular weight is 234 g/mol. The first-order valence-corrected chi connectivity index (χ1v) is 5.80. The van der Waals surface area contributed by atoms with E-state index >= 15 is 0 Å². The van der Waals surface area contributed by atoms with Gasteiger partial charge >= 0.3 is 0 Å². The number of hydrazine groups is 1. The molecule has 2 N–H and O–H groups in total. The van der Waals surface area contributed by atoms with E-state index in [1.807, 2.05) is 19.9 Å². The molecule has 0 aliphatic rings. The van der Waals surface area contributed by atoms with Crippen LogP contribution in [0.3, 0.4) is 0 Å². The van der Waals surface area contributed by atoms with Gasteiger partial charge < -0.3 is 0 Å². The zero-order valence-electron chi connectivity index (χ0n) is 10.2. The van der Waals surface area contributed by atoms with Crippen molar-refractivity contribution < 1.29 is 9.59 Å². The van der Waals surface area contributed by atoms with Crippen molar-refractivity contribution in [2.24, 2.45) is 5.92 Å². The fourth-order valence-electron chi connectivity index (χ4n) is 1.47. The van der Waals surface area contributed by atoms with Crippen molar-refractivity contribution in [2.75, 3.05) is 0 Å². The van der Waals surface area contributed by atoms with Gasteiger partial charge in [-0.25, -0.2) is 0 Å². The number of benzene rings is 1. The summed E-state index contributed by atoms with van der Waals surface area (Å²) in [6.45, 7) is 3.86. The molecule has 0 saturated heterocycles. The van der Waals surface area contributed by atoms with Crippen LogP contribution in [0.15, 0.2) is 30.3 Å². The summed E-state index contributed by atoms with van der Waals surface area (Å²) < 4.78 is 0. The number of rotatable bonds is 4. The van der Waals surface area contributed by atoms with E-state index in [1.165, 1.54) is 0 Å². The minimum absolute atomic E-state index is 0.0870. The second-order valence-electron chi connectivity index (χ2n) is 4.00. The van der Waals surface area contributed by atoms with Gasteiger partial charge in [-0.05, 0) is 18.6 Å². The number of hydrogen-bond donors (Lipinski definition) is 2. The lowest BCUT2D eigenvalue weighted by Crippen LogP contribution is -2.44. The molecule has 0 aromatic heterocycles. The van der Waals surface area contributed by atoms with Crippen LogP contribution in [0.5, 0.6) is 0 Å². The average Bonchev–Trinajstić information content (AvgIpc) is 2.36. The lowest BCUT2D eigenvalue weighted by atomic mass is 10.1. The molecular formula is C13H18N2O2. The monoisotopic (exact) mass is 234 g/mol. The van der Waals surface area contributed by atoms with E-state index in [1.54, 1.807) is 24.3 Å². The summed E-state index contributed by atoms with van der Waals surface area (Å²) >= 11 is 0. The predicted octanol–water partition coefficient (Wildman–Crippen LogP) is 1.88. The van der Waals surface area contributed by atoms with E-state index < -0.39 is 0 Å². The van der Waals surface area contributed by atoms with Crippen molar-refractivity contribution >= 4 is 11.8 Å². The first-order valence-electron chi connectivity index (χ1n) is 5.80. The summed E-state index contributed by atoms with van der Waals surface area (Å²) in [6, 6.07) is 8.76. The van der Waals surface area contributed by atoms with Crippen LogP contribution in [0.25, 0.3) is 0 Å². The van der Waals surface area contributed by atoms with Crippen LogP contribution < -0.4 is 10.9 Å². The van der Waals surface area contributed by atoms with Crippen molar-refractivity contribution in [3.8, 4) is 0 Å². The topological polar surface area (TPSA) is 58.2 Å². The molecule has 1 unspecified atom stereocenters. The Labute approximate surface area is 101 Å². The van der Waals surface area contributed by atoms with E-state index in [0.717, 1.165) is 12.8 Å². The number of amides is 2. The van der Waals surface area contributed by atoms with Gasteiger partial charge in [-0.15, -0.1) is 0 Å². The lowest BCUT2D eigenvalue weighted by Gasteiger charge is -2.11. The molecular weight excluding hydrogens is 216 g/mol. The van der Waals surface area contributed by atoms with Crippen molar-refractivity contribution in [2.45, 2.75) is 26.7 Å². The lowest BCUT2D eigenvalue weighted by molar-refractivity contribution is -0.125. The first kappa shape index (κ1) is 13.2. The highest BCUT2D eigenvalue weighted by atomic mass is 16.2. The van der Waals surface area contributed by atoms with E-state index in [2.05, 4.69) is 10.9 Å². The van der Waals surface area contributed by atoms with Crippen molar-refractivity contribution in [3.05, 3.63) is 35.9 Å². The highest BCUT2D eigenvalue weighted by molar-refractivity contribution is 5.95. The molecule has 0 spiro atoms. The highest BCUT2D eigenvalue weighted by Crippen LogP contribution is 2.04. The maximum Gasteiger partial charge on any atom is 0.269 e. The predicted molar refractivity (Wildman–Crippen MR) is 66.1 cm³/mol. The van der Waals surface area contributed by atoms with Crippen LogP contribution in [0.4, 0.5) is 0 Å². The Morgan fingerprint density at radius 2 is 1.82 bits per heavy atom. The maximum atomic E-state index is 11.6. The van der Waals surface area contributed by atoms with Gasteiger partial charge in [-0.3, -0.25) is 20.4 Å². The zero-order chi connectivity index (χ0) is 12.7. The Balaban J connectivity index is 2.41. The van der Waals surface area contributed by atoms with Gasteiger partial charge in [0.05, 0.1) is 0 Å². The Morgan fingerprint density at radius 3 is 2.41 bits per heavy atom. The Morgan fingerprint density at radius 1 is 1.18 bits per heavy atom. The van der Waals surface area contributed by atoms with Gasteiger partial charge in [0, 0.05) is 11.5 Å². The molecule has 92 valence electrons. The molecule has 0 radical (unpaired) electrons. The van der Waals surface area contributed by atoms with Gasteiger partial charge in [-0.2, -0.15) is 0 Å². The van der Waals surface area contributed by atoms with E-state index in [-0.39, 0.29) is 17.7 Å². The maximum absolute atomic E-state index is 11.6. The van der Waals surface area contributed by atoms with E-state index in [4.69, 9.17) is 0 Å². The van der Waals surface area contributed by atoms with E-state index in [0.29, 0.717) is 5.56 Å². The summed E-state index contributed by atoms with van der Waals surface area (Å²) in [4.78, 5) is 23.1. The van der Waals surface area contributed by atoms with Crippen LogP contribution in [0.2, 0.25) is 0 Å². The summed E-state index contributed by atoms with van der Waals surface area (Å²) in [6.07, 6.45) is 1.76. The fourth-order valence-corrected chi connectivity index (χ4v) is 1.47. The van der Waals surface area contributed by atoms with E-state index in [9.17, 15) is 9.59 Å². The van der Waals surface area contributed by atoms with Crippen molar-refractivity contribution in [1.29, 1.82) is 0 Å². The molecule has 0 heterocycles. The third-order valence-electron chi connectivity index (χ3n) is 2.50. The summed E-state index contributed by atoms with van der Waals surface area (Å²) in [5.41, 5.74) is 5.35. The fraction of sp³-hybridized carbons (Fsp3) is 0.385. The third-order valence-corrected chi connectivity index (χ3v) is 2.50. The number of hydrogen-bond acceptors (Lipinski definition) is 2. The van der Waals surface area contributed by atoms with Crippen LogP contribution in [-0.2, 0) is 4.79 Å². The van der Waals surface area contributed by atoms with Crippen LogP contribution in [0.1, 0.15) is 37.0 Å². The molecule has 1 atom stereocenters. The van der Waals surface area contributed by atoms with Crippen LogP contribution >= 0.6 is 0 Å². The van der Waals surface area contributed by atoms with Crippen molar-refractivity contribution in [3.63, 3.8) is 0 Å². The second kappa shape index (κ2) is 6.68. The molecule has 0 bridgehead atoms. The van der Waals surface area contributed by atoms with Gasteiger partial charge in [0.1, 0.15) is 0 Å². The van der Waals surface area contributed by atoms with Gasteiger partial charge in [-0.1, -0.05) is 38.5 Å². The number of nitrogens with one attached hydrogen (secondary N) is 2. The third kappa shape index (κ3) is 4.26. The Hall–Kier alpha value is -1.84. The van der Waals surface area contributed by atoms with Crippen molar-refractivity contribution in [1.82, 2.24) is 10.9 Å². The Bertz CT molecular complexity index is 376. The molecule has 1 rings (SSSR count). The SMILES string of the molecule is CCCC(C)C(=O)NNC(=O)c1ccccc1. The van der Waals surface area contributed by atoms with Gasteiger partial charge in [0.2, 0.25) is 5.91 Å². The number of carbonyl (C=O) groups excluding carboxylic acids is 2.